The number of benzene rings is 1. The first-order valence-electron chi connectivity index (χ1n) is 4.94. The monoisotopic (exact) mass is 200 g/mol. The Balaban J connectivity index is 2.82. The number of nitrogens with zero attached hydrogens (tertiary/aromatic N) is 2. The van der Waals surface area contributed by atoms with Gasteiger partial charge in [-0.1, -0.05) is 26.0 Å². The zero-order valence-corrected chi connectivity index (χ0v) is 8.77. The minimum absolute atomic E-state index is 0.152. The minimum Gasteiger partial charge on any atom is -0.267 e. The topological polar surface area (TPSA) is 42.9 Å². The molecular weight excluding hydrogens is 188 g/mol. The van der Waals surface area contributed by atoms with E-state index >= 15 is 0 Å². The summed E-state index contributed by atoms with van der Waals surface area (Å²) in [6.07, 6.45) is 1.63. The molecule has 2 rings (SSSR count). The largest absolute Gasteiger partial charge is 0.275 e. The Labute approximate surface area is 87.8 Å². The van der Waals surface area contributed by atoms with Crippen LogP contribution in [0.5, 0.6) is 0 Å². The van der Waals surface area contributed by atoms with Gasteiger partial charge >= 0.3 is 0 Å². The predicted molar refractivity (Wildman–Crippen MR) is 59.9 cm³/mol. The second-order valence-corrected chi connectivity index (χ2v) is 3.77. The van der Waals surface area contributed by atoms with E-state index in [1.165, 1.54) is 0 Å². The quantitative estimate of drug-likeness (QED) is 0.708. The highest BCUT2D eigenvalue weighted by Gasteiger charge is 2.05. The number of hydrogen-bond acceptors (Lipinski definition) is 3. The van der Waals surface area contributed by atoms with Crippen LogP contribution in [-0.2, 0) is 0 Å². The fourth-order valence-electron chi connectivity index (χ4n) is 1.43. The molecule has 0 bridgehead atoms. The Hall–Kier alpha value is -1.77. The molecule has 0 aliphatic carbocycles. The molecule has 0 aliphatic rings. The van der Waals surface area contributed by atoms with Crippen molar-refractivity contribution in [2.24, 2.45) is 0 Å². The van der Waals surface area contributed by atoms with Crippen molar-refractivity contribution in [3.63, 3.8) is 0 Å². The Morgan fingerprint density at radius 2 is 1.80 bits per heavy atom. The summed E-state index contributed by atoms with van der Waals surface area (Å²) in [4.78, 5) is 20.0. The van der Waals surface area contributed by atoms with Crippen LogP contribution in [0.15, 0.2) is 35.3 Å². The summed E-state index contributed by atoms with van der Waals surface area (Å²) in [5.41, 5.74) is 1.88. The van der Waals surface area contributed by atoms with Crippen molar-refractivity contribution in [3.05, 3.63) is 46.4 Å². The summed E-state index contributed by atoms with van der Waals surface area (Å²) in [5, 5.41) is 0. The summed E-state index contributed by atoms with van der Waals surface area (Å²) in [6.45, 7) is 3.93. The van der Waals surface area contributed by atoms with Crippen LogP contribution < -0.4 is 5.56 Å². The molecule has 15 heavy (non-hydrogen) atoms. The molecule has 76 valence electrons. The van der Waals surface area contributed by atoms with Gasteiger partial charge in [-0.15, -0.1) is 0 Å². The van der Waals surface area contributed by atoms with Gasteiger partial charge in [-0.3, -0.25) is 9.78 Å². The van der Waals surface area contributed by atoms with Crippen molar-refractivity contribution in [3.8, 4) is 0 Å². The average Bonchev–Trinajstić information content (AvgIpc) is 2.35. The lowest BCUT2D eigenvalue weighted by molar-refractivity contribution is 0.846. The smallest absolute Gasteiger partial charge is 0.267 e. The van der Waals surface area contributed by atoms with E-state index in [1.54, 1.807) is 12.3 Å². The zero-order valence-electron chi connectivity index (χ0n) is 8.77. The van der Waals surface area contributed by atoms with E-state index < -0.39 is 0 Å². The molecule has 0 aliphatic heterocycles. The standard InChI is InChI=1S/C12H12N2O/c1-8(2)9-7-13-10-5-3-4-6-11(10)14-12(9)15/h3-8H,1-2H3. The van der Waals surface area contributed by atoms with E-state index in [1.807, 2.05) is 32.0 Å². The lowest BCUT2D eigenvalue weighted by atomic mass is 10.1. The molecule has 0 saturated heterocycles. The maximum Gasteiger partial charge on any atom is 0.275 e. The first kappa shape index (κ1) is 9.77. The number of hydrogen-bond donors (Lipinski definition) is 0. The van der Waals surface area contributed by atoms with Crippen LogP contribution in [0.25, 0.3) is 11.0 Å². The van der Waals surface area contributed by atoms with Crippen LogP contribution in [0.4, 0.5) is 0 Å². The van der Waals surface area contributed by atoms with Gasteiger partial charge in [0, 0.05) is 11.8 Å². The van der Waals surface area contributed by atoms with Crippen molar-refractivity contribution >= 4 is 11.0 Å². The predicted octanol–water partition coefficient (Wildman–Crippen LogP) is 2.11. The van der Waals surface area contributed by atoms with E-state index in [-0.39, 0.29) is 11.5 Å². The SMILES string of the molecule is CC(C)c1cnc2ccccc2nc1=O. The van der Waals surface area contributed by atoms with Crippen LogP contribution in [0.2, 0.25) is 0 Å². The van der Waals surface area contributed by atoms with E-state index in [4.69, 9.17) is 0 Å². The normalized spacial score (nSPS) is 10.9. The van der Waals surface area contributed by atoms with Gasteiger partial charge in [0.25, 0.3) is 5.56 Å². The highest BCUT2D eigenvalue weighted by atomic mass is 16.1. The Morgan fingerprint density at radius 3 is 2.47 bits per heavy atom. The first-order valence-corrected chi connectivity index (χ1v) is 4.94. The van der Waals surface area contributed by atoms with Gasteiger partial charge in [-0.25, -0.2) is 4.98 Å². The lowest BCUT2D eigenvalue weighted by Crippen LogP contribution is -2.10. The van der Waals surface area contributed by atoms with Crippen molar-refractivity contribution in [2.75, 3.05) is 0 Å². The van der Waals surface area contributed by atoms with Gasteiger partial charge in [-0.2, -0.15) is 0 Å². The van der Waals surface area contributed by atoms with Crippen molar-refractivity contribution < 1.29 is 0 Å². The molecule has 1 heterocycles. The third kappa shape index (κ3) is 1.86. The molecule has 0 radical (unpaired) electrons. The summed E-state index contributed by atoms with van der Waals surface area (Å²) in [5.74, 6) is 0.152. The zero-order chi connectivity index (χ0) is 10.8. The van der Waals surface area contributed by atoms with E-state index in [0.29, 0.717) is 11.1 Å². The van der Waals surface area contributed by atoms with Gasteiger partial charge in [0.2, 0.25) is 0 Å². The van der Waals surface area contributed by atoms with E-state index in [2.05, 4.69) is 9.97 Å². The number of fused-ring (bicyclic) bond motifs is 1. The fourth-order valence-corrected chi connectivity index (χ4v) is 1.43. The Kier molecular flexibility index (Phi) is 2.46. The Morgan fingerprint density at radius 1 is 1.13 bits per heavy atom. The molecule has 2 aromatic rings. The molecule has 0 atom stereocenters. The van der Waals surface area contributed by atoms with Crippen LogP contribution in [0.3, 0.4) is 0 Å². The second kappa shape index (κ2) is 3.77. The third-order valence-electron chi connectivity index (χ3n) is 2.32. The molecule has 0 spiro atoms. The van der Waals surface area contributed by atoms with E-state index in [9.17, 15) is 4.79 Å². The van der Waals surface area contributed by atoms with E-state index in [0.717, 1.165) is 5.52 Å². The van der Waals surface area contributed by atoms with Crippen molar-refractivity contribution in [1.82, 2.24) is 9.97 Å². The lowest BCUT2D eigenvalue weighted by Gasteiger charge is -1.96. The van der Waals surface area contributed by atoms with Crippen molar-refractivity contribution in [2.45, 2.75) is 19.8 Å². The van der Waals surface area contributed by atoms with Crippen LogP contribution >= 0.6 is 0 Å². The highest BCUT2D eigenvalue weighted by molar-refractivity contribution is 5.72. The van der Waals surface area contributed by atoms with Crippen LogP contribution in [-0.4, -0.2) is 9.97 Å². The highest BCUT2D eigenvalue weighted by Crippen LogP contribution is 2.09. The molecule has 0 N–H and O–H groups in total. The maximum atomic E-state index is 11.7. The fraction of sp³-hybridized carbons (Fsp3) is 0.250. The molecule has 0 saturated carbocycles. The average molecular weight is 200 g/mol. The minimum atomic E-state index is -0.182. The van der Waals surface area contributed by atoms with Crippen LogP contribution in [0, 0.1) is 0 Å². The van der Waals surface area contributed by atoms with Crippen LogP contribution in [0.1, 0.15) is 25.3 Å². The molecule has 1 aromatic heterocycles. The molecule has 3 nitrogen and oxygen atoms in total. The maximum absolute atomic E-state index is 11.7. The summed E-state index contributed by atoms with van der Waals surface area (Å²) in [7, 11) is 0. The molecule has 0 amide bonds. The third-order valence-corrected chi connectivity index (χ3v) is 2.32. The molecule has 3 heteroatoms. The molecule has 0 unspecified atom stereocenters. The molecule has 1 aromatic carbocycles. The number of para-hydroxylation sites is 2. The summed E-state index contributed by atoms with van der Waals surface area (Å²) in [6, 6.07) is 7.39. The summed E-state index contributed by atoms with van der Waals surface area (Å²) < 4.78 is 0. The summed E-state index contributed by atoms with van der Waals surface area (Å²) >= 11 is 0. The molecular formula is C12H12N2O. The van der Waals surface area contributed by atoms with Crippen molar-refractivity contribution in [1.29, 1.82) is 0 Å². The number of rotatable bonds is 1. The second-order valence-electron chi connectivity index (χ2n) is 3.77. The Bertz CT molecular complexity index is 549. The van der Waals surface area contributed by atoms with Gasteiger partial charge in [0.15, 0.2) is 0 Å². The van der Waals surface area contributed by atoms with Gasteiger partial charge in [-0.05, 0) is 18.1 Å². The first-order chi connectivity index (χ1) is 7.18. The van der Waals surface area contributed by atoms with Gasteiger partial charge in [0.05, 0.1) is 11.0 Å². The van der Waals surface area contributed by atoms with Gasteiger partial charge in [0.1, 0.15) is 0 Å². The molecule has 0 fully saturated rings. The number of aromatic nitrogens is 2. The van der Waals surface area contributed by atoms with Gasteiger partial charge < -0.3 is 0 Å².